The summed E-state index contributed by atoms with van der Waals surface area (Å²) in [5.74, 6) is 1.24. The first kappa shape index (κ1) is 60.5. The highest BCUT2D eigenvalue weighted by Gasteiger charge is 2.35. The van der Waals surface area contributed by atoms with Crippen molar-refractivity contribution in [1.29, 1.82) is 0 Å². The third-order valence-electron chi connectivity index (χ3n) is 13.5. The molecule has 4 aromatic carbocycles. The van der Waals surface area contributed by atoms with E-state index >= 15 is 0 Å². The third kappa shape index (κ3) is 19.0. The topological polar surface area (TPSA) is 181 Å². The summed E-state index contributed by atoms with van der Waals surface area (Å²) >= 11 is 7.27. The number of carbonyl (C=O) groups is 4. The van der Waals surface area contributed by atoms with Crippen molar-refractivity contribution in [2.24, 2.45) is 11.8 Å². The zero-order valence-corrected chi connectivity index (χ0v) is 47.1. The number of nitrogens with two attached hydrogens (primary N) is 1. The molecular weight excluding hydrogens is 996 g/mol. The Morgan fingerprint density at radius 3 is 2.17 bits per heavy atom. The van der Waals surface area contributed by atoms with Crippen LogP contribution in [-0.2, 0) is 27.2 Å². The molecule has 408 valence electrons. The largest absolute Gasteiger partial charge is 0.476 e. The molecule has 2 aromatic heterocycles. The van der Waals surface area contributed by atoms with Crippen LogP contribution in [0.3, 0.4) is 0 Å². The summed E-state index contributed by atoms with van der Waals surface area (Å²) in [6.45, 7) is 16.5. The zero-order valence-electron chi connectivity index (χ0n) is 45.6. The highest BCUT2D eigenvalue weighted by Crippen LogP contribution is 2.33. The minimum atomic E-state index is -0.457. The second kappa shape index (κ2) is 31.6. The summed E-state index contributed by atoms with van der Waals surface area (Å²) < 4.78 is 11.3. The average molecular weight is 1080 g/mol. The molecule has 4 N–H and O–H groups in total. The van der Waals surface area contributed by atoms with Gasteiger partial charge in [0.1, 0.15) is 12.2 Å². The molecular formula is C61H79ClN6O7S. The maximum atomic E-state index is 13.0. The van der Waals surface area contributed by atoms with Crippen LogP contribution in [-0.4, -0.2) is 83.0 Å². The molecule has 1 fully saturated rings. The Labute approximate surface area is 459 Å². The van der Waals surface area contributed by atoms with Crippen LogP contribution in [0.25, 0.3) is 21.6 Å². The molecule has 0 spiro atoms. The van der Waals surface area contributed by atoms with Gasteiger partial charge in [-0.05, 0) is 146 Å². The fourth-order valence-electron chi connectivity index (χ4n) is 9.07. The van der Waals surface area contributed by atoms with Gasteiger partial charge in [-0.25, -0.2) is 4.98 Å². The summed E-state index contributed by atoms with van der Waals surface area (Å²) in [5, 5.41) is 17.6. The summed E-state index contributed by atoms with van der Waals surface area (Å²) in [6, 6.07) is 31.7. The number of aliphatic hydroxyl groups is 1. The fraction of sp³-hybridized carbons (Fsp3) is 0.443. The Hall–Kier alpha value is -6.35. The number of anilines is 2. The summed E-state index contributed by atoms with van der Waals surface area (Å²) in [5.41, 5.74) is 16.9. The van der Waals surface area contributed by atoms with E-state index in [2.05, 4.69) is 66.6 Å². The lowest BCUT2D eigenvalue weighted by Crippen LogP contribution is -2.35. The molecule has 0 saturated carbocycles. The molecule has 6 aromatic rings. The SMILES string of the molecule is CC(=O)N1CCCc2cc(-c3ccc(C(=O)NCCCCCCCCOc4cc(C(C(=O)N5CCC(O)C5)C(C)C)on4)cc3)ccc21.CC=O.CCC(C)Cc1ccc(-c2scnc2C)cc1.Nc1ccc(Cl)cc1. The molecule has 15 heteroatoms. The lowest BCUT2D eigenvalue weighted by molar-refractivity contribution is -0.133. The van der Waals surface area contributed by atoms with Gasteiger partial charge in [0, 0.05) is 61.1 Å². The second-order valence-corrected chi connectivity index (χ2v) is 21.2. The van der Waals surface area contributed by atoms with Gasteiger partial charge >= 0.3 is 0 Å². The van der Waals surface area contributed by atoms with Gasteiger partial charge in [-0.3, -0.25) is 14.4 Å². The van der Waals surface area contributed by atoms with Crippen LogP contribution in [0, 0.1) is 18.8 Å². The predicted molar refractivity (Wildman–Crippen MR) is 308 cm³/mol. The molecule has 0 radical (unpaired) electrons. The van der Waals surface area contributed by atoms with E-state index in [1.54, 1.807) is 53.5 Å². The van der Waals surface area contributed by atoms with Crippen molar-refractivity contribution >= 4 is 58.3 Å². The number of likely N-dealkylation sites (tertiary alicyclic amines) is 1. The van der Waals surface area contributed by atoms with Crippen LogP contribution in [0.15, 0.2) is 107 Å². The second-order valence-electron chi connectivity index (χ2n) is 19.9. The Morgan fingerprint density at radius 2 is 1.57 bits per heavy atom. The van der Waals surface area contributed by atoms with Crippen molar-refractivity contribution in [1.82, 2.24) is 20.4 Å². The number of nitrogen functional groups attached to an aromatic ring is 1. The van der Waals surface area contributed by atoms with Gasteiger partial charge in [0.05, 0.1) is 28.8 Å². The first-order valence-corrected chi connectivity index (χ1v) is 28.1. The Bertz CT molecular complexity index is 2690. The first-order valence-electron chi connectivity index (χ1n) is 26.9. The maximum absolute atomic E-state index is 13.0. The van der Waals surface area contributed by atoms with Gasteiger partial charge in [-0.1, -0.05) is 114 Å². The van der Waals surface area contributed by atoms with Crippen LogP contribution in [0.1, 0.15) is 138 Å². The maximum Gasteiger partial charge on any atom is 0.254 e. The van der Waals surface area contributed by atoms with Gasteiger partial charge < -0.3 is 40.0 Å². The average Bonchev–Trinajstić information content (AvgIpc) is 4.20. The van der Waals surface area contributed by atoms with E-state index in [0.29, 0.717) is 49.9 Å². The number of benzene rings is 4. The van der Waals surface area contributed by atoms with E-state index < -0.39 is 12.0 Å². The monoisotopic (exact) mass is 1070 g/mol. The van der Waals surface area contributed by atoms with Crippen molar-refractivity contribution in [3.63, 3.8) is 0 Å². The van der Waals surface area contributed by atoms with Crippen molar-refractivity contribution in [2.45, 2.75) is 131 Å². The number of aryl methyl sites for hydroxylation is 2. The lowest BCUT2D eigenvalue weighted by atomic mass is 9.92. The number of unbranched alkanes of at least 4 members (excludes halogenated alkanes) is 5. The molecule has 4 heterocycles. The van der Waals surface area contributed by atoms with Crippen LogP contribution in [0.2, 0.25) is 5.02 Å². The van der Waals surface area contributed by atoms with Gasteiger partial charge in [0.2, 0.25) is 11.8 Å². The number of fused-ring (bicyclic) bond motifs is 1. The van der Waals surface area contributed by atoms with Gasteiger partial charge in [-0.15, -0.1) is 11.3 Å². The van der Waals surface area contributed by atoms with E-state index in [9.17, 15) is 19.5 Å². The number of nitrogens with one attached hydrogen (secondary N) is 1. The normalized spacial score (nSPS) is 14.4. The molecule has 1 saturated heterocycles. The van der Waals surface area contributed by atoms with E-state index in [0.717, 1.165) is 103 Å². The number of rotatable bonds is 19. The van der Waals surface area contributed by atoms with E-state index in [1.807, 2.05) is 60.7 Å². The number of hydrogen-bond donors (Lipinski definition) is 3. The molecule has 0 bridgehead atoms. The van der Waals surface area contributed by atoms with Crippen LogP contribution >= 0.6 is 22.9 Å². The number of nitrogens with zero attached hydrogens (tertiary/aromatic N) is 4. The lowest BCUT2D eigenvalue weighted by Gasteiger charge is -2.29. The number of β-amino-alcohol motifs (C(OH)–C–C–N with tert-alkyl or cyclic N) is 1. The number of carbonyl (C=O) groups excluding carboxylic acids is 4. The number of aromatic nitrogens is 2. The first-order chi connectivity index (χ1) is 36.6. The molecule has 3 atom stereocenters. The van der Waals surface area contributed by atoms with Crippen molar-refractivity contribution in [2.75, 3.05) is 43.4 Å². The van der Waals surface area contributed by atoms with Crippen molar-refractivity contribution < 1.29 is 33.5 Å². The number of amides is 3. The van der Waals surface area contributed by atoms with E-state index in [-0.39, 0.29) is 23.6 Å². The molecule has 3 unspecified atom stereocenters. The number of ether oxygens (including phenoxy) is 1. The van der Waals surface area contributed by atoms with Gasteiger partial charge in [0.15, 0.2) is 5.76 Å². The minimum Gasteiger partial charge on any atom is -0.476 e. The van der Waals surface area contributed by atoms with Crippen molar-refractivity contribution in [3.05, 3.63) is 136 Å². The quantitative estimate of drug-likeness (QED) is 0.0401. The van der Waals surface area contributed by atoms with Gasteiger partial charge in [-0.2, -0.15) is 0 Å². The van der Waals surface area contributed by atoms with Gasteiger partial charge in [0.25, 0.3) is 11.8 Å². The molecule has 13 nitrogen and oxygen atoms in total. The number of aliphatic hydroxyl groups excluding tert-OH is 1. The summed E-state index contributed by atoms with van der Waals surface area (Å²) in [7, 11) is 0. The standard InChI is InChI=1S/C38H50N4O6.C15H19NS.C6H6ClN.C2H4O/c1-26(2)36(38(46)41-21-18-32(44)25-41)34-24-35(40-48-34)47-22-9-7-5-4-6-8-19-39-37(45)29-14-12-28(13-15-29)30-16-17-33-31(23-30)11-10-20-42(33)27(3)43;1-4-11(2)9-13-5-7-14(8-6-13)15-12(3)16-10-17-15;7-5-1-3-6(8)4-2-5;1-2-3/h12-17,23-24,26,32,36,44H,4-11,18-22,25H2,1-3H3,(H,39,45);5-8,10-11H,4,9H2,1-3H3;1-4H,8H2;2H,1H3. The minimum absolute atomic E-state index is 0.0326. The molecule has 2 aliphatic rings. The number of aldehydes is 1. The third-order valence-corrected chi connectivity index (χ3v) is 14.7. The van der Waals surface area contributed by atoms with Crippen LogP contribution < -0.4 is 20.7 Å². The molecule has 2 aliphatic heterocycles. The number of hydrogen-bond acceptors (Lipinski definition) is 11. The highest BCUT2D eigenvalue weighted by molar-refractivity contribution is 7.13. The summed E-state index contributed by atoms with van der Waals surface area (Å²) in [4.78, 5) is 55.6. The highest BCUT2D eigenvalue weighted by atomic mass is 35.5. The molecule has 8 rings (SSSR count). The van der Waals surface area contributed by atoms with E-state index in [4.69, 9.17) is 31.4 Å². The summed E-state index contributed by atoms with van der Waals surface area (Å²) in [6.07, 6.45) is 11.3. The van der Waals surface area contributed by atoms with Crippen LogP contribution in [0.4, 0.5) is 11.4 Å². The van der Waals surface area contributed by atoms with E-state index in [1.165, 1.54) is 41.3 Å². The van der Waals surface area contributed by atoms with Crippen LogP contribution in [0.5, 0.6) is 5.88 Å². The molecule has 3 amide bonds. The predicted octanol–water partition coefficient (Wildman–Crippen LogP) is 13.0. The Balaban J connectivity index is 0.000000308. The smallest absolute Gasteiger partial charge is 0.254 e. The zero-order chi connectivity index (χ0) is 55.0. The Morgan fingerprint density at radius 1 is 0.908 bits per heavy atom. The number of halogens is 1. The molecule has 76 heavy (non-hydrogen) atoms. The molecule has 0 aliphatic carbocycles. The Kier molecular flexibility index (Phi) is 25.2. The number of thiazole rings is 1. The fourth-order valence-corrected chi connectivity index (χ4v) is 10.0. The van der Waals surface area contributed by atoms with Crippen molar-refractivity contribution in [3.8, 4) is 27.4 Å².